The van der Waals surface area contributed by atoms with Crippen LogP contribution < -0.4 is 11.1 Å². The van der Waals surface area contributed by atoms with E-state index in [1.165, 1.54) is 25.7 Å². The van der Waals surface area contributed by atoms with Gasteiger partial charge in [-0.2, -0.15) is 0 Å². The molecule has 1 saturated carbocycles. The molecule has 1 aliphatic heterocycles. The van der Waals surface area contributed by atoms with E-state index in [-0.39, 0.29) is 11.9 Å². The summed E-state index contributed by atoms with van der Waals surface area (Å²) in [5, 5.41) is 3.01. The fraction of sp³-hybridized carbons (Fsp3) is 0.929. The maximum absolute atomic E-state index is 12.2. The lowest BCUT2D eigenvalue weighted by Gasteiger charge is -2.27. The Labute approximate surface area is 115 Å². The van der Waals surface area contributed by atoms with Gasteiger partial charge in [0.15, 0.2) is 0 Å². The largest absolute Gasteiger partial charge is 0.379 e. The van der Waals surface area contributed by atoms with Crippen LogP contribution in [0, 0.1) is 5.41 Å². The van der Waals surface area contributed by atoms with Gasteiger partial charge < -0.3 is 20.7 Å². The minimum Gasteiger partial charge on any atom is -0.379 e. The van der Waals surface area contributed by atoms with E-state index in [0.717, 1.165) is 6.54 Å². The van der Waals surface area contributed by atoms with Crippen molar-refractivity contribution in [3.05, 3.63) is 0 Å². The number of carbonyl (C=O) groups excluding carboxylic acids is 1. The second-order valence-corrected chi connectivity index (χ2v) is 6.21. The van der Waals surface area contributed by atoms with Gasteiger partial charge in [-0.15, -0.1) is 0 Å². The zero-order valence-corrected chi connectivity index (χ0v) is 12.2. The third-order valence-corrected chi connectivity index (χ3v) is 4.73. The minimum atomic E-state index is -0.564. The number of amides is 1. The Kier molecular flexibility index (Phi) is 4.81. The molecule has 3 N–H and O–H groups in total. The molecular formula is C14H27N3O2. The molecule has 5 heteroatoms. The third-order valence-electron chi connectivity index (χ3n) is 4.73. The number of nitrogens with one attached hydrogen (secondary N) is 1. The first-order valence-electron chi connectivity index (χ1n) is 7.36. The Morgan fingerprint density at radius 2 is 2.16 bits per heavy atom. The summed E-state index contributed by atoms with van der Waals surface area (Å²) < 4.78 is 5.31. The van der Waals surface area contributed by atoms with E-state index in [9.17, 15) is 4.79 Å². The summed E-state index contributed by atoms with van der Waals surface area (Å²) in [6.07, 6.45) is 5.26. The lowest BCUT2D eigenvalue weighted by atomic mass is 9.85. The average molecular weight is 269 g/mol. The summed E-state index contributed by atoms with van der Waals surface area (Å²) in [6.45, 7) is 4.39. The van der Waals surface area contributed by atoms with Crippen LogP contribution in [-0.4, -0.2) is 56.2 Å². The highest BCUT2D eigenvalue weighted by Crippen LogP contribution is 2.27. The zero-order chi connectivity index (χ0) is 13.9. The lowest BCUT2D eigenvalue weighted by molar-refractivity contribution is -0.130. The van der Waals surface area contributed by atoms with Crippen LogP contribution in [-0.2, 0) is 9.53 Å². The molecule has 0 spiro atoms. The van der Waals surface area contributed by atoms with Gasteiger partial charge in [-0.25, -0.2) is 0 Å². The summed E-state index contributed by atoms with van der Waals surface area (Å²) in [4.78, 5) is 14.6. The van der Waals surface area contributed by atoms with E-state index < -0.39 is 5.41 Å². The first-order chi connectivity index (χ1) is 9.04. The van der Waals surface area contributed by atoms with E-state index in [1.807, 2.05) is 6.92 Å². The topological polar surface area (TPSA) is 67.6 Å². The van der Waals surface area contributed by atoms with Crippen molar-refractivity contribution in [2.75, 3.05) is 33.4 Å². The second-order valence-electron chi connectivity index (χ2n) is 6.21. The van der Waals surface area contributed by atoms with Crippen molar-refractivity contribution >= 4 is 5.91 Å². The number of nitrogens with two attached hydrogens (primary N) is 1. The van der Waals surface area contributed by atoms with Gasteiger partial charge in [0.2, 0.25) is 5.91 Å². The van der Waals surface area contributed by atoms with Gasteiger partial charge in [-0.3, -0.25) is 4.79 Å². The molecule has 2 fully saturated rings. The van der Waals surface area contributed by atoms with Gasteiger partial charge in [-0.1, -0.05) is 12.8 Å². The van der Waals surface area contributed by atoms with Crippen LogP contribution in [0.1, 0.15) is 32.6 Å². The van der Waals surface area contributed by atoms with Crippen LogP contribution in [0.15, 0.2) is 0 Å². The van der Waals surface area contributed by atoms with Gasteiger partial charge in [-0.05, 0) is 26.8 Å². The summed E-state index contributed by atoms with van der Waals surface area (Å²) in [5.41, 5.74) is 5.39. The Morgan fingerprint density at radius 1 is 1.47 bits per heavy atom. The smallest absolute Gasteiger partial charge is 0.229 e. The lowest BCUT2D eigenvalue weighted by Crippen LogP contribution is -2.51. The summed E-state index contributed by atoms with van der Waals surface area (Å²) in [5.74, 6) is 0.0253. The number of ether oxygens (including phenoxy) is 1. The molecule has 2 rings (SSSR count). The maximum atomic E-state index is 12.2. The zero-order valence-electron chi connectivity index (χ0n) is 12.2. The molecule has 0 aromatic heterocycles. The van der Waals surface area contributed by atoms with Gasteiger partial charge >= 0.3 is 0 Å². The molecule has 0 aromatic carbocycles. The summed E-state index contributed by atoms with van der Waals surface area (Å²) in [7, 11) is 2.15. The van der Waals surface area contributed by atoms with E-state index in [4.69, 9.17) is 10.5 Å². The van der Waals surface area contributed by atoms with E-state index in [0.29, 0.717) is 25.8 Å². The first kappa shape index (κ1) is 14.8. The molecule has 1 aliphatic carbocycles. The molecule has 110 valence electrons. The van der Waals surface area contributed by atoms with Crippen molar-refractivity contribution in [1.29, 1.82) is 0 Å². The fourth-order valence-corrected chi connectivity index (χ4v) is 3.00. The number of carbonyl (C=O) groups is 1. The Bertz CT molecular complexity index is 318. The molecule has 0 bridgehead atoms. The Morgan fingerprint density at radius 3 is 2.74 bits per heavy atom. The number of hydrogen-bond acceptors (Lipinski definition) is 4. The molecule has 5 nitrogen and oxygen atoms in total. The average Bonchev–Trinajstić information content (AvgIpc) is 3.01. The molecule has 1 saturated heterocycles. The molecule has 1 amide bonds. The standard InChI is InChI=1S/C14H27N3O2/c1-14(10-19-9-12(14)15)13(18)16-7-8-17(2)11-5-3-4-6-11/h11-12H,3-10,15H2,1-2H3,(H,16,18). The van der Waals surface area contributed by atoms with E-state index in [2.05, 4.69) is 17.3 Å². The van der Waals surface area contributed by atoms with Crippen LogP contribution in [0.5, 0.6) is 0 Å². The second kappa shape index (κ2) is 6.20. The molecule has 2 unspecified atom stereocenters. The predicted molar refractivity (Wildman–Crippen MR) is 74.8 cm³/mol. The first-order valence-corrected chi connectivity index (χ1v) is 7.36. The van der Waals surface area contributed by atoms with Gasteiger partial charge in [0, 0.05) is 25.2 Å². The van der Waals surface area contributed by atoms with Crippen LogP contribution >= 0.6 is 0 Å². The van der Waals surface area contributed by atoms with Gasteiger partial charge in [0.25, 0.3) is 0 Å². The fourth-order valence-electron chi connectivity index (χ4n) is 3.00. The highest BCUT2D eigenvalue weighted by Gasteiger charge is 2.44. The monoisotopic (exact) mass is 269 g/mol. The SMILES string of the molecule is CN(CCNC(=O)C1(C)COCC1N)C1CCCC1. The van der Waals surface area contributed by atoms with Crippen molar-refractivity contribution in [2.45, 2.75) is 44.7 Å². The van der Waals surface area contributed by atoms with Crippen LogP contribution in [0.3, 0.4) is 0 Å². The van der Waals surface area contributed by atoms with E-state index in [1.54, 1.807) is 0 Å². The van der Waals surface area contributed by atoms with Gasteiger partial charge in [0.1, 0.15) is 0 Å². The molecule has 1 heterocycles. The van der Waals surface area contributed by atoms with Crippen molar-refractivity contribution in [3.63, 3.8) is 0 Å². The molecule has 2 aliphatic rings. The van der Waals surface area contributed by atoms with Crippen molar-refractivity contribution in [3.8, 4) is 0 Å². The Hall–Kier alpha value is -0.650. The van der Waals surface area contributed by atoms with Crippen LogP contribution in [0.25, 0.3) is 0 Å². The predicted octanol–water partition coefficient (Wildman–Crippen LogP) is 0.341. The quantitative estimate of drug-likeness (QED) is 0.755. The van der Waals surface area contributed by atoms with E-state index >= 15 is 0 Å². The molecule has 2 atom stereocenters. The molecule has 19 heavy (non-hydrogen) atoms. The number of nitrogens with zero attached hydrogens (tertiary/aromatic N) is 1. The van der Waals surface area contributed by atoms with Crippen molar-refractivity contribution in [2.24, 2.45) is 11.1 Å². The normalized spacial score (nSPS) is 32.1. The molecule has 0 aromatic rings. The number of likely N-dealkylation sites (N-methyl/N-ethyl adjacent to an activating group) is 1. The van der Waals surface area contributed by atoms with Gasteiger partial charge in [0.05, 0.1) is 18.6 Å². The number of hydrogen-bond donors (Lipinski definition) is 2. The van der Waals surface area contributed by atoms with Crippen molar-refractivity contribution in [1.82, 2.24) is 10.2 Å². The van der Waals surface area contributed by atoms with Crippen molar-refractivity contribution < 1.29 is 9.53 Å². The van der Waals surface area contributed by atoms with Crippen LogP contribution in [0.2, 0.25) is 0 Å². The Balaban J connectivity index is 1.71. The molecule has 0 radical (unpaired) electrons. The maximum Gasteiger partial charge on any atom is 0.229 e. The number of rotatable bonds is 5. The summed E-state index contributed by atoms with van der Waals surface area (Å²) >= 11 is 0. The molecular weight excluding hydrogens is 242 g/mol. The highest BCUT2D eigenvalue weighted by molar-refractivity contribution is 5.83. The summed E-state index contributed by atoms with van der Waals surface area (Å²) in [6, 6.07) is 0.504. The van der Waals surface area contributed by atoms with Crippen LogP contribution in [0.4, 0.5) is 0 Å². The third kappa shape index (κ3) is 3.27. The highest BCUT2D eigenvalue weighted by atomic mass is 16.5. The minimum absolute atomic E-state index is 0.0253.